The lowest BCUT2D eigenvalue weighted by molar-refractivity contribution is -0.143. The van der Waals surface area contributed by atoms with Crippen molar-refractivity contribution in [3.05, 3.63) is 52.6 Å². The van der Waals surface area contributed by atoms with Crippen LogP contribution in [0.2, 0.25) is 0 Å². The third-order valence-corrected chi connectivity index (χ3v) is 5.34. The number of fused-ring (bicyclic) bond motifs is 1. The highest BCUT2D eigenvalue weighted by atomic mass is 19.4. The van der Waals surface area contributed by atoms with Crippen molar-refractivity contribution in [3.63, 3.8) is 0 Å². The second-order valence-corrected chi connectivity index (χ2v) is 7.25. The third-order valence-electron chi connectivity index (χ3n) is 5.34. The number of imidazole rings is 1. The predicted molar refractivity (Wildman–Crippen MR) is 97.0 cm³/mol. The maximum absolute atomic E-state index is 13.2. The fourth-order valence-electron chi connectivity index (χ4n) is 3.71. The standard InChI is InChI=1S/C20H21F6N3O/c1-3-28(4-2)18(30)16-11-29-10-12(5-6-17(29)27-16)13-7-14(19(21,22)23)9-15(8-13)20(24,25)26/h7-9,11-12H,3-6,10H2,1-2H3/t12-/m0/s1. The number of rotatable bonds is 4. The summed E-state index contributed by atoms with van der Waals surface area (Å²) in [5.41, 5.74) is -2.43. The van der Waals surface area contributed by atoms with Crippen LogP contribution in [0.1, 0.15) is 59.2 Å². The van der Waals surface area contributed by atoms with E-state index in [1.807, 2.05) is 13.8 Å². The topological polar surface area (TPSA) is 38.1 Å². The molecule has 0 aliphatic carbocycles. The maximum Gasteiger partial charge on any atom is 0.416 e. The molecule has 1 amide bonds. The summed E-state index contributed by atoms with van der Waals surface area (Å²) in [5.74, 6) is -0.201. The van der Waals surface area contributed by atoms with E-state index in [1.54, 1.807) is 9.47 Å². The summed E-state index contributed by atoms with van der Waals surface area (Å²) in [6, 6.07) is 1.70. The van der Waals surface area contributed by atoms with E-state index in [0.29, 0.717) is 31.8 Å². The average molecular weight is 433 g/mol. The summed E-state index contributed by atoms with van der Waals surface area (Å²) < 4.78 is 80.6. The van der Waals surface area contributed by atoms with E-state index in [4.69, 9.17) is 0 Å². The predicted octanol–water partition coefficient (Wildman–Crippen LogP) is 5.13. The third kappa shape index (κ3) is 4.46. The van der Waals surface area contributed by atoms with Gasteiger partial charge in [0.25, 0.3) is 5.91 Å². The molecule has 10 heteroatoms. The molecule has 0 unspecified atom stereocenters. The first-order valence-corrected chi connectivity index (χ1v) is 9.58. The Morgan fingerprint density at radius 3 is 2.13 bits per heavy atom. The van der Waals surface area contributed by atoms with Gasteiger partial charge in [-0.3, -0.25) is 4.79 Å². The van der Waals surface area contributed by atoms with Crippen molar-refractivity contribution in [1.29, 1.82) is 0 Å². The molecule has 0 spiro atoms. The molecular weight excluding hydrogens is 412 g/mol. The second kappa shape index (κ2) is 7.96. The molecule has 2 heterocycles. The molecule has 1 aliphatic rings. The molecule has 0 bridgehead atoms. The zero-order valence-corrected chi connectivity index (χ0v) is 16.4. The van der Waals surface area contributed by atoms with Gasteiger partial charge in [0.1, 0.15) is 11.5 Å². The molecule has 2 aromatic rings. The molecular formula is C20H21F6N3O. The number of carbonyl (C=O) groups excluding carboxylic acids is 1. The Kier molecular flexibility index (Phi) is 5.88. The molecule has 0 saturated heterocycles. The van der Waals surface area contributed by atoms with Crippen LogP contribution in [0.5, 0.6) is 0 Å². The van der Waals surface area contributed by atoms with E-state index in [2.05, 4.69) is 4.98 Å². The number of aromatic nitrogens is 2. The highest BCUT2D eigenvalue weighted by Gasteiger charge is 2.38. The van der Waals surface area contributed by atoms with Crippen LogP contribution in [0.15, 0.2) is 24.4 Å². The van der Waals surface area contributed by atoms with E-state index in [-0.39, 0.29) is 29.8 Å². The molecule has 1 atom stereocenters. The summed E-state index contributed by atoms with van der Waals surface area (Å²) in [7, 11) is 0. The van der Waals surface area contributed by atoms with Gasteiger partial charge in [0.2, 0.25) is 0 Å². The maximum atomic E-state index is 13.2. The van der Waals surface area contributed by atoms with E-state index >= 15 is 0 Å². The highest BCUT2D eigenvalue weighted by Crippen LogP contribution is 2.39. The molecule has 1 aliphatic heterocycles. The molecule has 0 fully saturated rings. The number of aryl methyl sites for hydroxylation is 1. The van der Waals surface area contributed by atoms with Crippen molar-refractivity contribution in [3.8, 4) is 0 Å². The van der Waals surface area contributed by atoms with E-state index in [9.17, 15) is 31.1 Å². The number of nitrogens with zero attached hydrogens (tertiary/aromatic N) is 3. The van der Waals surface area contributed by atoms with E-state index in [0.717, 1.165) is 12.1 Å². The molecule has 0 radical (unpaired) electrons. The van der Waals surface area contributed by atoms with Crippen molar-refractivity contribution in [2.45, 2.75) is 51.5 Å². The number of halogens is 6. The Bertz CT molecular complexity index is 895. The van der Waals surface area contributed by atoms with Crippen LogP contribution in [-0.4, -0.2) is 33.4 Å². The molecule has 0 N–H and O–H groups in total. The van der Waals surface area contributed by atoms with Crippen LogP contribution >= 0.6 is 0 Å². The van der Waals surface area contributed by atoms with E-state index < -0.39 is 29.4 Å². The molecule has 30 heavy (non-hydrogen) atoms. The van der Waals surface area contributed by atoms with Gasteiger partial charge in [-0.25, -0.2) is 4.98 Å². The van der Waals surface area contributed by atoms with Crippen LogP contribution in [0.25, 0.3) is 0 Å². The number of alkyl halides is 6. The van der Waals surface area contributed by atoms with Gasteiger partial charge in [-0.1, -0.05) is 0 Å². The Morgan fingerprint density at radius 1 is 1.07 bits per heavy atom. The fraction of sp³-hybridized carbons (Fsp3) is 0.500. The van der Waals surface area contributed by atoms with Gasteiger partial charge in [-0.15, -0.1) is 0 Å². The van der Waals surface area contributed by atoms with Crippen molar-refractivity contribution in [1.82, 2.24) is 14.5 Å². The first kappa shape index (κ1) is 22.2. The molecule has 1 aromatic carbocycles. The first-order valence-electron chi connectivity index (χ1n) is 9.58. The SMILES string of the molecule is CCN(CC)C(=O)c1cn2c(n1)CC[C@H](c1cc(C(F)(F)F)cc(C(F)(F)F)c1)C2. The molecule has 3 rings (SSSR count). The quantitative estimate of drug-likeness (QED) is 0.627. The second-order valence-electron chi connectivity index (χ2n) is 7.25. The normalized spacial score (nSPS) is 17.0. The van der Waals surface area contributed by atoms with Gasteiger partial charge in [0, 0.05) is 38.2 Å². The Morgan fingerprint density at radius 2 is 1.63 bits per heavy atom. The van der Waals surface area contributed by atoms with Crippen LogP contribution < -0.4 is 0 Å². The lowest BCUT2D eigenvalue weighted by atomic mass is 9.89. The largest absolute Gasteiger partial charge is 0.416 e. The summed E-state index contributed by atoms with van der Waals surface area (Å²) >= 11 is 0. The van der Waals surface area contributed by atoms with Crippen LogP contribution in [0.3, 0.4) is 0 Å². The average Bonchev–Trinajstić information content (AvgIpc) is 3.10. The monoisotopic (exact) mass is 433 g/mol. The van der Waals surface area contributed by atoms with Gasteiger partial charge in [-0.2, -0.15) is 26.3 Å². The molecule has 0 saturated carbocycles. The summed E-state index contributed by atoms with van der Waals surface area (Å²) in [4.78, 5) is 18.4. The summed E-state index contributed by atoms with van der Waals surface area (Å²) in [6.45, 7) is 4.83. The highest BCUT2D eigenvalue weighted by molar-refractivity contribution is 5.92. The van der Waals surface area contributed by atoms with Gasteiger partial charge in [0.05, 0.1) is 11.1 Å². The Labute approximate surface area is 169 Å². The zero-order valence-electron chi connectivity index (χ0n) is 16.4. The van der Waals surface area contributed by atoms with Crippen molar-refractivity contribution < 1.29 is 31.1 Å². The summed E-state index contributed by atoms with van der Waals surface area (Å²) in [5, 5.41) is 0. The molecule has 4 nitrogen and oxygen atoms in total. The van der Waals surface area contributed by atoms with Crippen molar-refractivity contribution in [2.75, 3.05) is 13.1 Å². The number of benzene rings is 1. The fourth-order valence-corrected chi connectivity index (χ4v) is 3.71. The minimum absolute atomic E-state index is 0.0203. The summed E-state index contributed by atoms with van der Waals surface area (Å²) in [6.07, 6.45) is -7.54. The van der Waals surface area contributed by atoms with E-state index in [1.165, 1.54) is 6.20 Å². The van der Waals surface area contributed by atoms with Crippen LogP contribution in [0, 0.1) is 0 Å². The molecule has 164 valence electrons. The van der Waals surface area contributed by atoms with Gasteiger partial charge in [0.15, 0.2) is 0 Å². The number of carbonyl (C=O) groups is 1. The first-order chi connectivity index (χ1) is 13.9. The van der Waals surface area contributed by atoms with Crippen LogP contribution in [-0.2, 0) is 25.3 Å². The van der Waals surface area contributed by atoms with Crippen molar-refractivity contribution >= 4 is 5.91 Å². The van der Waals surface area contributed by atoms with Crippen LogP contribution in [0.4, 0.5) is 26.3 Å². The molecule has 1 aromatic heterocycles. The van der Waals surface area contributed by atoms with Gasteiger partial charge >= 0.3 is 12.4 Å². The Balaban J connectivity index is 1.92. The minimum atomic E-state index is -4.88. The number of amides is 1. The smallest absolute Gasteiger partial charge is 0.338 e. The van der Waals surface area contributed by atoms with Gasteiger partial charge < -0.3 is 9.47 Å². The lowest BCUT2D eigenvalue weighted by Crippen LogP contribution is -2.30. The minimum Gasteiger partial charge on any atom is -0.338 e. The van der Waals surface area contributed by atoms with Gasteiger partial charge in [-0.05, 0) is 44.0 Å². The lowest BCUT2D eigenvalue weighted by Gasteiger charge is -2.25. The Hall–Kier alpha value is -2.52. The van der Waals surface area contributed by atoms with Crippen molar-refractivity contribution in [2.24, 2.45) is 0 Å². The number of hydrogen-bond donors (Lipinski definition) is 0. The number of hydrogen-bond acceptors (Lipinski definition) is 2. The zero-order chi connectivity index (χ0) is 22.3.